The number of hydrogen-bond donors (Lipinski definition) is 0. The van der Waals surface area contributed by atoms with Crippen LogP contribution in [0.4, 0.5) is 0 Å². The number of carbonyl (C=O) groups is 1. The van der Waals surface area contributed by atoms with Crippen LogP contribution < -0.4 is 0 Å². The number of aromatic nitrogens is 2. The number of benzene rings is 2. The summed E-state index contributed by atoms with van der Waals surface area (Å²) < 4.78 is 5.48. The van der Waals surface area contributed by atoms with Crippen molar-refractivity contribution in [3.8, 4) is 11.4 Å². The molecular formula is C25H30ClN5O2. The van der Waals surface area contributed by atoms with Gasteiger partial charge in [0, 0.05) is 49.9 Å². The molecule has 7 nitrogen and oxygen atoms in total. The smallest absolute Gasteiger partial charge is 0.244 e. The number of likely N-dealkylation sites (N-methyl/N-ethyl adjacent to an activating group) is 1. The minimum Gasteiger partial charge on any atom is -0.342 e. The van der Waals surface area contributed by atoms with Gasteiger partial charge in [-0.15, -0.1) is 0 Å². The molecule has 174 valence electrons. The molecule has 2 aromatic carbocycles. The Morgan fingerprint density at radius 1 is 1.03 bits per heavy atom. The lowest BCUT2D eigenvalue weighted by atomic mass is 10.0. The maximum atomic E-state index is 13.4. The molecule has 0 radical (unpaired) electrons. The Hall–Kier alpha value is -2.74. The third-order valence-corrected chi connectivity index (χ3v) is 6.38. The number of carbonyl (C=O) groups excluding carboxylic acids is 1. The predicted molar refractivity (Wildman–Crippen MR) is 129 cm³/mol. The van der Waals surface area contributed by atoms with E-state index in [1.807, 2.05) is 61.2 Å². The molecule has 4 rings (SSSR count). The van der Waals surface area contributed by atoms with E-state index in [2.05, 4.69) is 32.1 Å². The van der Waals surface area contributed by atoms with Crippen LogP contribution in [0.1, 0.15) is 31.3 Å². The Bertz CT molecular complexity index is 1030. The van der Waals surface area contributed by atoms with Gasteiger partial charge in [0.1, 0.15) is 6.04 Å². The standard InChI is InChI=1S/C25H30ClN5O2/c1-3-30(4-2)25(32)23(19-8-6-5-7-9-19)31-16-14-29(15-17-31)18-22-27-24(28-33-22)20-10-12-21(26)13-11-20/h5-13,23H,3-4,14-18H2,1-2H3. The van der Waals surface area contributed by atoms with Crippen LogP contribution in [0.3, 0.4) is 0 Å². The van der Waals surface area contributed by atoms with Gasteiger partial charge in [-0.05, 0) is 43.7 Å². The first-order valence-electron chi connectivity index (χ1n) is 11.5. The fourth-order valence-electron chi connectivity index (χ4n) is 4.26. The highest BCUT2D eigenvalue weighted by atomic mass is 35.5. The van der Waals surface area contributed by atoms with Gasteiger partial charge in [-0.25, -0.2) is 0 Å². The lowest BCUT2D eigenvalue weighted by Crippen LogP contribution is -2.51. The number of halogens is 1. The van der Waals surface area contributed by atoms with Crippen molar-refractivity contribution in [3.63, 3.8) is 0 Å². The van der Waals surface area contributed by atoms with Gasteiger partial charge in [0.2, 0.25) is 17.6 Å². The third-order valence-electron chi connectivity index (χ3n) is 6.13. The molecular weight excluding hydrogens is 438 g/mol. The first-order valence-corrected chi connectivity index (χ1v) is 11.9. The SMILES string of the molecule is CCN(CC)C(=O)C(c1ccccc1)N1CCN(Cc2nc(-c3ccc(Cl)cc3)no2)CC1. The second-order valence-electron chi connectivity index (χ2n) is 8.15. The summed E-state index contributed by atoms with van der Waals surface area (Å²) in [6.45, 7) is 9.33. The average molecular weight is 468 g/mol. The van der Waals surface area contributed by atoms with Crippen LogP contribution in [0.15, 0.2) is 59.1 Å². The highest BCUT2D eigenvalue weighted by molar-refractivity contribution is 6.30. The molecule has 0 spiro atoms. The Labute approximate surface area is 199 Å². The fourth-order valence-corrected chi connectivity index (χ4v) is 4.39. The van der Waals surface area contributed by atoms with Gasteiger partial charge in [-0.1, -0.05) is 47.1 Å². The van der Waals surface area contributed by atoms with E-state index in [-0.39, 0.29) is 11.9 Å². The summed E-state index contributed by atoms with van der Waals surface area (Å²) in [5.41, 5.74) is 1.92. The zero-order chi connectivity index (χ0) is 23.2. The molecule has 1 saturated heterocycles. The molecule has 2 heterocycles. The molecule has 33 heavy (non-hydrogen) atoms. The quantitative estimate of drug-likeness (QED) is 0.496. The van der Waals surface area contributed by atoms with E-state index in [0.29, 0.717) is 36.4 Å². The van der Waals surface area contributed by atoms with Gasteiger partial charge in [0.15, 0.2) is 0 Å². The van der Waals surface area contributed by atoms with Crippen molar-refractivity contribution in [2.75, 3.05) is 39.3 Å². The summed E-state index contributed by atoms with van der Waals surface area (Å²) in [5, 5.41) is 4.78. The van der Waals surface area contributed by atoms with E-state index in [0.717, 1.165) is 37.3 Å². The fraction of sp³-hybridized carbons (Fsp3) is 0.400. The second kappa shape index (κ2) is 10.9. The zero-order valence-corrected chi connectivity index (χ0v) is 19.9. The van der Waals surface area contributed by atoms with Crippen LogP contribution in [0.25, 0.3) is 11.4 Å². The molecule has 0 bridgehead atoms. The summed E-state index contributed by atoms with van der Waals surface area (Å²) in [6, 6.07) is 17.2. The van der Waals surface area contributed by atoms with Crippen molar-refractivity contribution >= 4 is 17.5 Å². The molecule has 1 amide bonds. The van der Waals surface area contributed by atoms with Crippen LogP contribution in [-0.2, 0) is 11.3 Å². The van der Waals surface area contributed by atoms with Gasteiger partial charge in [0.25, 0.3) is 0 Å². The molecule has 1 unspecified atom stereocenters. The highest BCUT2D eigenvalue weighted by Gasteiger charge is 2.32. The average Bonchev–Trinajstić information content (AvgIpc) is 3.31. The van der Waals surface area contributed by atoms with Gasteiger partial charge in [0.05, 0.1) is 6.54 Å². The normalized spacial score (nSPS) is 16.0. The topological polar surface area (TPSA) is 65.7 Å². The van der Waals surface area contributed by atoms with E-state index in [1.54, 1.807) is 0 Å². The molecule has 1 aromatic heterocycles. The van der Waals surface area contributed by atoms with E-state index >= 15 is 0 Å². The predicted octanol–water partition coefficient (Wildman–Crippen LogP) is 4.12. The maximum absolute atomic E-state index is 13.4. The zero-order valence-electron chi connectivity index (χ0n) is 19.2. The second-order valence-corrected chi connectivity index (χ2v) is 8.59. The molecule has 0 aliphatic carbocycles. The van der Waals surface area contributed by atoms with Crippen LogP contribution in [0.5, 0.6) is 0 Å². The van der Waals surface area contributed by atoms with Crippen LogP contribution in [-0.4, -0.2) is 70.0 Å². The molecule has 0 N–H and O–H groups in total. The minimum atomic E-state index is -0.256. The summed E-state index contributed by atoms with van der Waals surface area (Å²) in [4.78, 5) is 24.4. The van der Waals surface area contributed by atoms with E-state index in [4.69, 9.17) is 16.1 Å². The Kier molecular flexibility index (Phi) is 7.75. The van der Waals surface area contributed by atoms with Gasteiger partial charge < -0.3 is 9.42 Å². The Balaban J connectivity index is 1.40. The van der Waals surface area contributed by atoms with Crippen LogP contribution in [0, 0.1) is 0 Å². The van der Waals surface area contributed by atoms with Crippen molar-refractivity contribution in [3.05, 3.63) is 71.1 Å². The van der Waals surface area contributed by atoms with Gasteiger partial charge in [-0.3, -0.25) is 14.6 Å². The van der Waals surface area contributed by atoms with Crippen molar-refractivity contribution in [2.24, 2.45) is 0 Å². The van der Waals surface area contributed by atoms with Crippen LogP contribution in [0.2, 0.25) is 5.02 Å². The Morgan fingerprint density at radius 2 is 1.70 bits per heavy atom. The van der Waals surface area contributed by atoms with E-state index < -0.39 is 0 Å². The number of amides is 1. The van der Waals surface area contributed by atoms with Crippen molar-refractivity contribution in [1.29, 1.82) is 0 Å². The monoisotopic (exact) mass is 467 g/mol. The van der Waals surface area contributed by atoms with Crippen LogP contribution >= 0.6 is 11.6 Å². The summed E-state index contributed by atoms with van der Waals surface area (Å²) >= 11 is 5.96. The van der Waals surface area contributed by atoms with Gasteiger partial charge in [-0.2, -0.15) is 4.98 Å². The molecule has 1 atom stereocenters. The maximum Gasteiger partial charge on any atom is 0.244 e. The number of hydrogen-bond acceptors (Lipinski definition) is 6. The first kappa shape index (κ1) is 23.4. The van der Waals surface area contributed by atoms with Gasteiger partial charge >= 0.3 is 0 Å². The Morgan fingerprint density at radius 3 is 2.33 bits per heavy atom. The summed E-state index contributed by atoms with van der Waals surface area (Å²) in [7, 11) is 0. The molecule has 0 saturated carbocycles. The summed E-state index contributed by atoms with van der Waals surface area (Å²) in [5.74, 6) is 1.32. The lowest BCUT2D eigenvalue weighted by Gasteiger charge is -2.39. The largest absolute Gasteiger partial charge is 0.342 e. The first-order chi connectivity index (χ1) is 16.1. The van der Waals surface area contributed by atoms with Crippen molar-refractivity contribution in [2.45, 2.75) is 26.4 Å². The van der Waals surface area contributed by atoms with E-state index in [9.17, 15) is 4.79 Å². The molecule has 8 heteroatoms. The third kappa shape index (κ3) is 5.61. The van der Waals surface area contributed by atoms with Crippen molar-refractivity contribution in [1.82, 2.24) is 24.8 Å². The minimum absolute atomic E-state index is 0.171. The number of nitrogens with zero attached hydrogens (tertiary/aromatic N) is 5. The number of piperazine rings is 1. The number of rotatable bonds is 8. The van der Waals surface area contributed by atoms with E-state index in [1.165, 1.54) is 0 Å². The summed E-state index contributed by atoms with van der Waals surface area (Å²) in [6.07, 6.45) is 0. The lowest BCUT2D eigenvalue weighted by molar-refractivity contribution is -0.137. The van der Waals surface area contributed by atoms with Crippen molar-refractivity contribution < 1.29 is 9.32 Å². The highest BCUT2D eigenvalue weighted by Crippen LogP contribution is 2.25. The molecule has 1 fully saturated rings. The molecule has 1 aliphatic rings. The molecule has 1 aliphatic heterocycles. The molecule has 3 aromatic rings.